The summed E-state index contributed by atoms with van der Waals surface area (Å²) >= 11 is 1.88. The molecule has 308 valence electrons. The van der Waals surface area contributed by atoms with Gasteiger partial charge < -0.3 is 4.90 Å². The van der Waals surface area contributed by atoms with Crippen LogP contribution in [0, 0.1) is 0 Å². The predicted molar refractivity (Wildman–Crippen MR) is 278 cm³/mol. The molecule has 1 unspecified atom stereocenters. The Balaban J connectivity index is 0.922. The summed E-state index contributed by atoms with van der Waals surface area (Å²) in [5.41, 5.74) is 19.7. The van der Waals surface area contributed by atoms with Crippen LogP contribution >= 0.6 is 11.3 Å². The molecule has 0 fully saturated rings. The zero-order valence-electron chi connectivity index (χ0n) is 36.2. The molecule has 1 heterocycles. The van der Waals surface area contributed by atoms with Gasteiger partial charge in [-0.25, -0.2) is 0 Å². The quantitative estimate of drug-likeness (QED) is 0.147. The van der Waals surface area contributed by atoms with Crippen LogP contribution in [0.25, 0.3) is 75.8 Å². The molecule has 0 amide bonds. The summed E-state index contributed by atoms with van der Waals surface area (Å²) in [6, 6.07) is 89.3. The summed E-state index contributed by atoms with van der Waals surface area (Å²) in [6.07, 6.45) is 0.979. The van der Waals surface area contributed by atoms with Gasteiger partial charge in [-0.15, -0.1) is 11.3 Å². The van der Waals surface area contributed by atoms with Gasteiger partial charge in [-0.3, -0.25) is 0 Å². The largest absolute Gasteiger partial charge is 0.311 e. The summed E-state index contributed by atoms with van der Waals surface area (Å²) in [4.78, 5) is 2.38. The molecule has 1 atom stereocenters. The van der Waals surface area contributed by atoms with Crippen molar-refractivity contribution in [2.24, 2.45) is 0 Å². The van der Waals surface area contributed by atoms with Gasteiger partial charge in [0.25, 0.3) is 0 Å². The van der Waals surface area contributed by atoms with Gasteiger partial charge in [0.2, 0.25) is 0 Å². The first-order valence-corrected chi connectivity index (χ1v) is 23.3. The summed E-state index contributed by atoms with van der Waals surface area (Å²) in [7, 11) is 0. The second-order valence-electron chi connectivity index (χ2n) is 17.5. The van der Waals surface area contributed by atoms with Crippen molar-refractivity contribution in [1.82, 2.24) is 0 Å². The third kappa shape index (κ3) is 6.95. The molecule has 0 saturated heterocycles. The topological polar surface area (TPSA) is 3.24 Å². The van der Waals surface area contributed by atoms with Gasteiger partial charge >= 0.3 is 0 Å². The van der Waals surface area contributed by atoms with E-state index in [1.807, 2.05) is 11.3 Å². The van der Waals surface area contributed by atoms with Crippen LogP contribution in [0.1, 0.15) is 23.6 Å². The first kappa shape index (κ1) is 38.9. The van der Waals surface area contributed by atoms with E-state index in [2.05, 4.69) is 254 Å². The van der Waals surface area contributed by atoms with E-state index in [1.54, 1.807) is 0 Å². The number of hydrogen-bond acceptors (Lipinski definition) is 2. The fourth-order valence-corrected chi connectivity index (χ4v) is 11.5. The van der Waals surface area contributed by atoms with E-state index in [-0.39, 0.29) is 5.41 Å². The standard InChI is InChI=1S/C63H45NS/c1-63(51-19-6-3-7-20-51)42-50-16-8-9-21-55(50)59-41-49(32-39-60(59)63)45-28-35-53(36-29-45)64(52-33-26-44(27-34-52)48-18-12-17-47(40-48)43-14-4-2-5-15-43)54-37-30-46(31-38-54)56-23-13-24-58-57-22-10-11-25-61(57)65-62(56)58/h2-41H,42H2,1H3. The molecule has 10 aromatic carbocycles. The fraction of sp³-hybridized carbons (Fsp3) is 0.0476. The van der Waals surface area contributed by atoms with Crippen molar-refractivity contribution in [2.45, 2.75) is 18.8 Å². The molecule has 0 saturated carbocycles. The Kier molecular flexibility index (Phi) is 9.62. The average molecular weight is 848 g/mol. The van der Waals surface area contributed by atoms with E-state index in [0.717, 1.165) is 23.5 Å². The second-order valence-corrected chi connectivity index (χ2v) is 18.5. The molecule has 1 aromatic heterocycles. The summed E-state index contributed by atoms with van der Waals surface area (Å²) < 4.78 is 2.65. The van der Waals surface area contributed by atoms with Crippen LogP contribution in [0.2, 0.25) is 0 Å². The van der Waals surface area contributed by atoms with Crippen molar-refractivity contribution in [3.63, 3.8) is 0 Å². The van der Waals surface area contributed by atoms with Crippen LogP contribution in [0.5, 0.6) is 0 Å². The minimum absolute atomic E-state index is 0.117. The van der Waals surface area contributed by atoms with Crippen molar-refractivity contribution in [3.8, 4) is 55.6 Å². The normalized spacial score (nSPS) is 14.2. The van der Waals surface area contributed by atoms with E-state index in [4.69, 9.17) is 0 Å². The zero-order chi connectivity index (χ0) is 43.3. The number of rotatable bonds is 8. The molecule has 0 aliphatic heterocycles. The highest BCUT2D eigenvalue weighted by atomic mass is 32.1. The lowest BCUT2D eigenvalue weighted by Gasteiger charge is -2.38. The van der Waals surface area contributed by atoms with E-state index in [0.29, 0.717) is 0 Å². The van der Waals surface area contributed by atoms with Crippen LogP contribution in [-0.2, 0) is 11.8 Å². The van der Waals surface area contributed by atoms with Crippen molar-refractivity contribution in [2.75, 3.05) is 4.90 Å². The van der Waals surface area contributed by atoms with E-state index >= 15 is 0 Å². The lowest BCUT2D eigenvalue weighted by molar-refractivity contribution is 0.561. The maximum Gasteiger partial charge on any atom is 0.0462 e. The smallest absolute Gasteiger partial charge is 0.0462 e. The Morgan fingerprint density at radius 1 is 0.369 bits per heavy atom. The zero-order valence-corrected chi connectivity index (χ0v) is 37.0. The summed E-state index contributed by atoms with van der Waals surface area (Å²) in [5, 5.41) is 2.64. The van der Waals surface area contributed by atoms with Crippen molar-refractivity contribution in [1.29, 1.82) is 0 Å². The monoisotopic (exact) mass is 847 g/mol. The van der Waals surface area contributed by atoms with Gasteiger partial charge in [0.05, 0.1) is 0 Å². The molecule has 65 heavy (non-hydrogen) atoms. The Labute approximate surface area is 385 Å². The number of nitrogens with zero attached hydrogens (tertiary/aromatic N) is 1. The van der Waals surface area contributed by atoms with Gasteiger partial charge in [-0.05, 0) is 133 Å². The fourth-order valence-electron chi connectivity index (χ4n) is 10.2. The SMILES string of the molecule is CC1(c2ccccc2)Cc2ccccc2-c2cc(-c3ccc(N(c4ccc(-c5cccc(-c6ccccc6)c5)cc4)c4ccc(-c5cccc6c5sc5ccccc56)cc4)cc3)ccc21. The number of hydrogen-bond donors (Lipinski definition) is 0. The molecule has 0 bridgehead atoms. The molecule has 0 spiro atoms. The molecule has 1 aliphatic rings. The van der Waals surface area contributed by atoms with Crippen LogP contribution < -0.4 is 4.90 Å². The molecule has 2 heteroatoms. The Morgan fingerprint density at radius 2 is 0.862 bits per heavy atom. The minimum Gasteiger partial charge on any atom is -0.311 e. The highest BCUT2D eigenvalue weighted by Crippen LogP contribution is 2.48. The highest BCUT2D eigenvalue weighted by molar-refractivity contribution is 7.26. The minimum atomic E-state index is -0.117. The van der Waals surface area contributed by atoms with Gasteiger partial charge in [0, 0.05) is 42.6 Å². The highest BCUT2D eigenvalue weighted by Gasteiger charge is 2.36. The summed E-state index contributed by atoms with van der Waals surface area (Å²) in [6.45, 7) is 2.41. The molecular formula is C63H45NS. The van der Waals surface area contributed by atoms with Crippen LogP contribution in [-0.4, -0.2) is 0 Å². The van der Waals surface area contributed by atoms with Gasteiger partial charge in [-0.2, -0.15) is 0 Å². The Hall–Kier alpha value is -7.78. The van der Waals surface area contributed by atoms with E-state index in [9.17, 15) is 0 Å². The van der Waals surface area contributed by atoms with Crippen molar-refractivity contribution >= 4 is 48.6 Å². The van der Waals surface area contributed by atoms with Crippen molar-refractivity contribution in [3.05, 3.63) is 259 Å². The average Bonchev–Trinajstić information content (AvgIpc) is 3.77. The maximum absolute atomic E-state index is 2.42. The maximum atomic E-state index is 2.42. The Bertz CT molecular complexity index is 3500. The predicted octanol–water partition coefficient (Wildman–Crippen LogP) is 17.7. The molecule has 1 aliphatic carbocycles. The van der Waals surface area contributed by atoms with Crippen LogP contribution in [0.3, 0.4) is 0 Å². The van der Waals surface area contributed by atoms with E-state index in [1.165, 1.54) is 92.5 Å². The number of benzene rings is 10. The Morgan fingerprint density at radius 3 is 1.55 bits per heavy atom. The first-order valence-electron chi connectivity index (χ1n) is 22.5. The lowest BCUT2D eigenvalue weighted by Crippen LogP contribution is -2.30. The van der Waals surface area contributed by atoms with Gasteiger partial charge in [0.15, 0.2) is 0 Å². The van der Waals surface area contributed by atoms with Crippen LogP contribution in [0.4, 0.5) is 17.1 Å². The van der Waals surface area contributed by atoms with Crippen molar-refractivity contribution < 1.29 is 0 Å². The molecule has 0 radical (unpaired) electrons. The number of thiophene rings is 1. The molecule has 12 rings (SSSR count). The third-order valence-electron chi connectivity index (χ3n) is 13.6. The first-order chi connectivity index (χ1) is 32.1. The van der Waals surface area contributed by atoms with Crippen LogP contribution in [0.15, 0.2) is 243 Å². The molecule has 11 aromatic rings. The third-order valence-corrected chi connectivity index (χ3v) is 14.8. The molecule has 0 N–H and O–H groups in total. The molecular weight excluding hydrogens is 803 g/mol. The lowest BCUT2D eigenvalue weighted by atomic mass is 9.65. The second kappa shape index (κ2) is 16.1. The van der Waals surface area contributed by atoms with Gasteiger partial charge in [0.1, 0.15) is 0 Å². The van der Waals surface area contributed by atoms with Gasteiger partial charge in [-0.1, -0.05) is 195 Å². The van der Waals surface area contributed by atoms with E-state index < -0.39 is 0 Å². The summed E-state index contributed by atoms with van der Waals surface area (Å²) in [5.74, 6) is 0. The molecule has 1 nitrogen and oxygen atoms in total. The number of anilines is 3. The number of fused-ring (bicyclic) bond motifs is 6.